The Balaban J connectivity index is 1.16. The third-order valence-corrected chi connectivity index (χ3v) is 12.4. The number of anilines is 3. The van der Waals surface area contributed by atoms with Gasteiger partial charge in [0.25, 0.3) is 0 Å². The van der Waals surface area contributed by atoms with Gasteiger partial charge in [-0.3, -0.25) is 0 Å². The summed E-state index contributed by atoms with van der Waals surface area (Å²) in [6.07, 6.45) is 0. The molecule has 0 saturated carbocycles. The van der Waals surface area contributed by atoms with Gasteiger partial charge < -0.3 is 4.90 Å². The van der Waals surface area contributed by atoms with Gasteiger partial charge in [0.2, 0.25) is 0 Å². The van der Waals surface area contributed by atoms with Crippen molar-refractivity contribution in [1.29, 1.82) is 0 Å². The summed E-state index contributed by atoms with van der Waals surface area (Å²) < 4.78 is 0. The Morgan fingerprint density at radius 2 is 0.810 bits per heavy atom. The van der Waals surface area contributed by atoms with Crippen LogP contribution in [-0.4, -0.2) is 0 Å². The maximum Gasteiger partial charge on any atom is 0.0624 e. The van der Waals surface area contributed by atoms with Crippen molar-refractivity contribution in [2.24, 2.45) is 0 Å². The Morgan fingerprint density at radius 1 is 0.328 bits per heavy atom. The molecule has 1 heteroatoms. The first-order valence-corrected chi connectivity index (χ1v) is 20.3. The van der Waals surface area contributed by atoms with E-state index in [2.05, 4.69) is 231 Å². The summed E-state index contributed by atoms with van der Waals surface area (Å²) in [6, 6.07) is 78.3. The van der Waals surface area contributed by atoms with E-state index in [0.717, 1.165) is 11.4 Å². The molecule has 0 aromatic heterocycles. The standard InChI is InChI=1S/C57H41N/c1-57(2)53-36-42(39-18-8-4-9-19-39)30-32-49(53)50-33-31-46(37-54(50)57)58(45-20-10-5-11-21-45)56-52-25-15-13-23-48(52)47-22-12-14-24-51(47)55(56)43-29-27-40-26-28-41(34-44(40)35-43)38-16-6-3-7-17-38/h3-37H,1-2H3. The zero-order valence-electron chi connectivity index (χ0n) is 32.7. The molecule has 0 saturated heterocycles. The Bertz CT molecular complexity index is 3180. The summed E-state index contributed by atoms with van der Waals surface area (Å²) in [5.41, 5.74) is 15.9. The fraction of sp³-hybridized carbons (Fsp3) is 0.0526. The number of benzene rings is 10. The molecule has 1 aliphatic rings. The van der Waals surface area contributed by atoms with Crippen LogP contribution in [0.1, 0.15) is 25.0 Å². The predicted molar refractivity (Wildman–Crippen MR) is 248 cm³/mol. The monoisotopic (exact) mass is 739 g/mol. The van der Waals surface area contributed by atoms with Gasteiger partial charge in [0.15, 0.2) is 0 Å². The van der Waals surface area contributed by atoms with Crippen molar-refractivity contribution in [3.05, 3.63) is 223 Å². The van der Waals surface area contributed by atoms with E-state index in [0.29, 0.717) is 0 Å². The van der Waals surface area contributed by atoms with E-state index < -0.39 is 0 Å². The third kappa shape index (κ3) is 5.46. The smallest absolute Gasteiger partial charge is 0.0624 e. The van der Waals surface area contributed by atoms with Crippen LogP contribution in [0.25, 0.3) is 76.8 Å². The molecule has 1 nitrogen and oxygen atoms in total. The highest BCUT2D eigenvalue weighted by molar-refractivity contribution is 6.22. The largest absolute Gasteiger partial charge is 0.309 e. The second-order valence-electron chi connectivity index (χ2n) is 16.1. The quantitative estimate of drug-likeness (QED) is 0.154. The predicted octanol–water partition coefficient (Wildman–Crippen LogP) is 15.9. The lowest BCUT2D eigenvalue weighted by Crippen LogP contribution is -2.17. The zero-order valence-corrected chi connectivity index (χ0v) is 32.7. The topological polar surface area (TPSA) is 3.24 Å². The van der Waals surface area contributed by atoms with Gasteiger partial charge >= 0.3 is 0 Å². The lowest BCUT2D eigenvalue weighted by Gasteiger charge is -2.32. The number of para-hydroxylation sites is 1. The molecule has 0 unspecified atom stereocenters. The number of rotatable bonds is 6. The molecule has 11 rings (SSSR count). The Morgan fingerprint density at radius 3 is 1.48 bits per heavy atom. The van der Waals surface area contributed by atoms with Crippen LogP contribution in [-0.2, 0) is 5.41 Å². The Hall–Kier alpha value is -7.22. The van der Waals surface area contributed by atoms with Gasteiger partial charge in [-0.2, -0.15) is 0 Å². The van der Waals surface area contributed by atoms with Gasteiger partial charge in [-0.05, 0) is 119 Å². The van der Waals surface area contributed by atoms with Crippen LogP contribution in [0.15, 0.2) is 212 Å². The Kier molecular flexibility index (Phi) is 7.91. The van der Waals surface area contributed by atoms with E-state index in [4.69, 9.17) is 0 Å². The van der Waals surface area contributed by atoms with E-state index in [1.54, 1.807) is 0 Å². The fourth-order valence-electron chi connectivity index (χ4n) is 9.52. The average molecular weight is 740 g/mol. The molecule has 10 aromatic carbocycles. The summed E-state index contributed by atoms with van der Waals surface area (Å²) in [5.74, 6) is 0. The first kappa shape index (κ1) is 34.1. The molecule has 0 amide bonds. The first-order valence-electron chi connectivity index (χ1n) is 20.3. The van der Waals surface area contributed by atoms with Crippen LogP contribution < -0.4 is 4.90 Å². The highest BCUT2D eigenvalue weighted by Gasteiger charge is 2.37. The lowest BCUT2D eigenvalue weighted by molar-refractivity contribution is 0.660. The van der Waals surface area contributed by atoms with Crippen LogP contribution in [0.3, 0.4) is 0 Å². The van der Waals surface area contributed by atoms with Crippen molar-refractivity contribution in [3.63, 3.8) is 0 Å². The molecule has 0 atom stereocenters. The molecule has 1 aliphatic carbocycles. The zero-order chi connectivity index (χ0) is 38.8. The first-order chi connectivity index (χ1) is 28.5. The SMILES string of the molecule is CC1(C)c2cc(-c3ccccc3)ccc2-c2ccc(N(c3ccccc3)c3c(-c4ccc5ccc(-c6ccccc6)cc5c4)c4ccccc4c4ccccc34)cc21. The number of hydrogen-bond donors (Lipinski definition) is 0. The van der Waals surface area contributed by atoms with Gasteiger partial charge in [0.05, 0.1) is 5.69 Å². The number of hydrogen-bond acceptors (Lipinski definition) is 1. The molecule has 58 heavy (non-hydrogen) atoms. The highest BCUT2D eigenvalue weighted by atomic mass is 15.1. The van der Waals surface area contributed by atoms with Crippen molar-refractivity contribution >= 4 is 49.4 Å². The van der Waals surface area contributed by atoms with Gasteiger partial charge in [-0.1, -0.05) is 184 Å². The van der Waals surface area contributed by atoms with Crippen molar-refractivity contribution < 1.29 is 0 Å². The van der Waals surface area contributed by atoms with Crippen molar-refractivity contribution in [3.8, 4) is 44.5 Å². The second-order valence-corrected chi connectivity index (χ2v) is 16.1. The normalized spacial score (nSPS) is 12.8. The molecule has 10 aromatic rings. The average Bonchev–Trinajstić information content (AvgIpc) is 3.51. The maximum atomic E-state index is 2.52. The molecule has 0 bridgehead atoms. The molecule has 0 radical (unpaired) electrons. The fourth-order valence-corrected chi connectivity index (χ4v) is 9.52. The maximum absolute atomic E-state index is 2.52. The van der Waals surface area contributed by atoms with Crippen molar-refractivity contribution in [1.82, 2.24) is 0 Å². The molecule has 0 N–H and O–H groups in total. The van der Waals surface area contributed by atoms with Crippen LogP contribution >= 0.6 is 0 Å². The van der Waals surface area contributed by atoms with E-state index in [-0.39, 0.29) is 5.41 Å². The van der Waals surface area contributed by atoms with Crippen LogP contribution in [0.2, 0.25) is 0 Å². The van der Waals surface area contributed by atoms with E-state index >= 15 is 0 Å². The highest BCUT2D eigenvalue weighted by Crippen LogP contribution is 2.54. The summed E-state index contributed by atoms with van der Waals surface area (Å²) in [4.78, 5) is 2.52. The van der Waals surface area contributed by atoms with E-state index in [1.165, 1.54) is 93.6 Å². The van der Waals surface area contributed by atoms with E-state index in [9.17, 15) is 0 Å². The van der Waals surface area contributed by atoms with Crippen molar-refractivity contribution in [2.45, 2.75) is 19.3 Å². The number of fused-ring (bicyclic) bond motifs is 7. The minimum Gasteiger partial charge on any atom is -0.309 e. The second kappa shape index (κ2) is 13.5. The van der Waals surface area contributed by atoms with E-state index in [1.807, 2.05) is 0 Å². The molecular formula is C57H41N. The van der Waals surface area contributed by atoms with Gasteiger partial charge in [0.1, 0.15) is 0 Å². The number of nitrogens with zero attached hydrogens (tertiary/aromatic N) is 1. The van der Waals surface area contributed by atoms with Crippen LogP contribution in [0.4, 0.5) is 17.1 Å². The summed E-state index contributed by atoms with van der Waals surface area (Å²) in [5, 5.41) is 7.40. The minimum absolute atomic E-state index is 0.198. The van der Waals surface area contributed by atoms with Crippen LogP contribution in [0, 0.1) is 0 Å². The molecule has 0 spiro atoms. The van der Waals surface area contributed by atoms with Gasteiger partial charge in [0, 0.05) is 27.7 Å². The molecular weight excluding hydrogens is 699 g/mol. The van der Waals surface area contributed by atoms with Gasteiger partial charge in [-0.15, -0.1) is 0 Å². The van der Waals surface area contributed by atoms with Crippen LogP contribution in [0.5, 0.6) is 0 Å². The summed E-state index contributed by atoms with van der Waals surface area (Å²) >= 11 is 0. The Labute approximate surface area is 340 Å². The third-order valence-electron chi connectivity index (χ3n) is 12.4. The minimum atomic E-state index is -0.198. The molecule has 0 fully saturated rings. The van der Waals surface area contributed by atoms with Gasteiger partial charge in [-0.25, -0.2) is 0 Å². The van der Waals surface area contributed by atoms with Crippen molar-refractivity contribution in [2.75, 3.05) is 4.90 Å². The molecule has 0 heterocycles. The summed E-state index contributed by atoms with van der Waals surface area (Å²) in [6.45, 7) is 4.78. The summed E-state index contributed by atoms with van der Waals surface area (Å²) in [7, 11) is 0. The molecule has 0 aliphatic heterocycles. The molecule has 274 valence electrons. The lowest BCUT2D eigenvalue weighted by atomic mass is 9.81.